The lowest BCUT2D eigenvalue weighted by Gasteiger charge is -2.16. The highest BCUT2D eigenvalue weighted by molar-refractivity contribution is 5.75. The van der Waals surface area contributed by atoms with Crippen molar-refractivity contribution in [2.24, 2.45) is 5.73 Å². The Bertz CT molecular complexity index is 496. The first kappa shape index (κ1) is 15.0. The third kappa shape index (κ3) is 3.44. The van der Waals surface area contributed by atoms with Gasteiger partial charge in [-0.3, -0.25) is 10.1 Å². The molecule has 6 nitrogen and oxygen atoms in total. The molecule has 1 rings (SSSR count). The SMILES string of the molecule is CCOC(=O)C(F)[C@H](N)c1cc([N+](=O)[O-])ccc1F. The molecule has 0 saturated heterocycles. The van der Waals surface area contributed by atoms with Crippen LogP contribution in [0.5, 0.6) is 0 Å². The Labute approximate surface area is 107 Å². The fourth-order valence-electron chi connectivity index (χ4n) is 1.43. The van der Waals surface area contributed by atoms with E-state index in [9.17, 15) is 23.7 Å². The second kappa shape index (κ2) is 6.19. The Morgan fingerprint density at radius 1 is 1.58 bits per heavy atom. The highest BCUT2D eigenvalue weighted by Crippen LogP contribution is 2.25. The molecule has 8 heteroatoms. The van der Waals surface area contributed by atoms with E-state index in [-0.39, 0.29) is 6.61 Å². The summed E-state index contributed by atoms with van der Waals surface area (Å²) in [5.74, 6) is -2.16. The third-order valence-corrected chi connectivity index (χ3v) is 2.38. The number of esters is 1. The van der Waals surface area contributed by atoms with Crippen molar-refractivity contribution < 1.29 is 23.2 Å². The predicted octanol–water partition coefficient (Wildman–Crippen LogP) is 1.63. The average molecular weight is 274 g/mol. The Morgan fingerprint density at radius 3 is 2.74 bits per heavy atom. The second-order valence-electron chi connectivity index (χ2n) is 3.64. The van der Waals surface area contributed by atoms with Gasteiger partial charge in [0, 0.05) is 17.7 Å². The number of rotatable bonds is 5. The number of nitro benzene ring substituents is 1. The van der Waals surface area contributed by atoms with E-state index in [1.807, 2.05) is 0 Å². The summed E-state index contributed by atoms with van der Waals surface area (Å²) < 4.78 is 31.5. The number of non-ortho nitro benzene ring substituents is 1. The van der Waals surface area contributed by atoms with Crippen LogP contribution >= 0.6 is 0 Å². The van der Waals surface area contributed by atoms with Crippen LogP contribution in [0, 0.1) is 15.9 Å². The van der Waals surface area contributed by atoms with Crippen LogP contribution in [0.2, 0.25) is 0 Å². The molecule has 2 atom stereocenters. The lowest BCUT2D eigenvalue weighted by molar-refractivity contribution is -0.385. The maximum Gasteiger partial charge on any atom is 0.342 e. The molecule has 0 saturated carbocycles. The van der Waals surface area contributed by atoms with Crippen molar-refractivity contribution in [3.8, 4) is 0 Å². The van der Waals surface area contributed by atoms with Crippen molar-refractivity contribution in [1.82, 2.24) is 0 Å². The highest BCUT2D eigenvalue weighted by atomic mass is 19.1. The summed E-state index contributed by atoms with van der Waals surface area (Å²) in [6.45, 7) is 1.42. The molecule has 104 valence electrons. The molecule has 1 unspecified atom stereocenters. The van der Waals surface area contributed by atoms with Crippen molar-refractivity contribution in [2.75, 3.05) is 6.61 Å². The van der Waals surface area contributed by atoms with Gasteiger partial charge < -0.3 is 10.5 Å². The van der Waals surface area contributed by atoms with Crippen LogP contribution in [-0.2, 0) is 9.53 Å². The van der Waals surface area contributed by atoms with Crippen molar-refractivity contribution >= 4 is 11.7 Å². The summed E-state index contributed by atoms with van der Waals surface area (Å²) in [6, 6.07) is 0.846. The predicted molar refractivity (Wildman–Crippen MR) is 61.5 cm³/mol. The number of alkyl halides is 1. The van der Waals surface area contributed by atoms with Gasteiger partial charge in [0.2, 0.25) is 6.17 Å². The normalized spacial score (nSPS) is 13.7. The van der Waals surface area contributed by atoms with Crippen LogP contribution in [0.25, 0.3) is 0 Å². The van der Waals surface area contributed by atoms with E-state index >= 15 is 0 Å². The van der Waals surface area contributed by atoms with Gasteiger partial charge in [-0.25, -0.2) is 13.6 Å². The minimum Gasteiger partial charge on any atom is -0.464 e. The van der Waals surface area contributed by atoms with Gasteiger partial charge in [-0.1, -0.05) is 0 Å². The number of hydrogen-bond donors (Lipinski definition) is 1. The smallest absolute Gasteiger partial charge is 0.342 e. The number of halogens is 2. The van der Waals surface area contributed by atoms with E-state index in [4.69, 9.17) is 5.73 Å². The number of nitrogens with zero attached hydrogens (tertiary/aromatic N) is 1. The van der Waals surface area contributed by atoms with Crippen molar-refractivity contribution in [3.63, 3.8) is 0 Å². The molecule has 0 heterocycles. The van der Waals surface area contributed by atoms with Crippen molar-refractivity contribution in [3.05, 3.63) is 39.7 Å². The Kier molecular flexibility index (Phi) is 4.87. The van der Waals surface area contributed by atoms with Crippen LogP contribution in [0.1, 0.15) is 18.5 Å². The second-order valence-corrected chi connectivity index (χ2v) is 3.64. The molecule has 19 heavy (non-hydrogen) atoms. The van der Waals surface area contributed by atoms with Crippen LogP contribution in [0.4, 0.5) is 14.5 Å². The molecule has 0 aliphatic rings. The molecule has 2 N–H and O–H groups in total. The van der Waals surface area contributed by atoms with Crippen molar-refractivity contribution in [1.29, 1.82) is 0 Å². The summed E-state index contributed by atoms with van der Waals surface area (Å²) in [7, 11) is 0. The molecule has 0 radical (unpaired) electrons. The molecular weight excluding hydrogens is 262 g/mol. The lowest BCUT2D eigenvalue weighted by atomic mass is 10.0. The molecule has 1 aromatic carbocycles. The molecular formula is C11H12F2N2O4. The van der Waals surface area contributed by atoms with Gasteiger partial charge in [-0.2, -0.15) is 0 Å². The van der Waals surface area contributed by atoms with Gasteiger partial charge in [-0.15, -0.1) is 0 Å². The van der Waals surface area contributed by atoms with Gasteiger partial charge in [0.15, 0.2) is 0 Å². The van der Waals surface area contributed by atoms with E-state index in [2.05, 4.69) is 4.74 Å². The number of benzene rings is 1. The van der Waals surface area contributed by atoms with E-state index in [0.29, 0.717) is 0 Å². The molecule has 0 aromatic heterocycles. The standard InChI is InChI=1S/C11H12F2N2O4/c1-2-19-11(16)9(13)10(14)7-5-6(15(17)18)3-4-8(7)12/h3-5,9-10H,2,14H2,1H3/t9?,10-/m1/s1. The number of carbonyl (C=O) groups is 1. The zero-order chi connectivity index (χ0) is 14.6. The number of ether oxygens (including phenoxy) is 1. The number of nitrogens with two attached hydrogens (primary N) is 1. The van der Waals surface area contributed by atoms with Gasteiger partial charge in [0.1, 0.15) is 5.82 Å². The topological polar surface area (TPSA) is 95.5 Å². The van der Waals surface area contributed by atoms with E-state index in [0.717, 1.165) is 18.2 Å². The Balaban J connectivity index is 3.04. The molecule has 0 bridgehead atoms. The first-order chi connectivity index (χ1) is 8.88. The van der Waals surface area contributed by atoms with Crippen LogP contribution in [-0.4, -0.2) is 23.7 Å². The molecule has 0 fully saturated rings. The van der Waals surface area contributed by atoms with E-state index < -0.39 is 40.2 Å². The first-order valence-electron chi connectivity index (χ1n) is 5.38. The quantitative estimate of drug-likeness (QED) is 0.500. The maximum absolute atomic E-state index is 13.6. The van der Waals surface area contributed by atoms with E-state index in [1.165, 1.54) is 6.92 Å². The zero-order valence-corrected chi connectivity index (χ0v) is 10.0. The monoisotopic (exact) mass is 274 g/mol. The van der Waals surface area contributed by atoms with Crippen molar-refractivity contribution in [2.45, 2.75) is 19.1 Å². The molecule has 0 aliphatic heterocycles. The third-order valence-electron chi connectivity index (χ3n) is 2.38. The molecule has 0 amide bonds. The fourth-order valence-corrected chi connectivity index (χ4v) is 1.43. The maximum atomic E-state index is 13.6. The van der Waals surface area contributed by atoms with Gasteiger partial charge in [0.25, 0.3) is 5.69 Å². The van der Waals surface area contributed by atoms with E-state index in [1.54, 1.807) is 0 Å². The lowest BCUT2D eigenvalue weighted by Crippen LogP contribution is -2.32. The number of carbonyl (C=O) groups excluding carboxylic acids is 1. The summed E-state index contributed by atoms with van der Waals surface area (Å²) >= 11 is 0. The summed E-state index contributed by atoms with van der Waals surface area (Å²) in [6.07, 6.45) is -2.29. The van der Waals surface area contributed by atoms with Crippen LogP contribution in [0.3, 0.4) is 0 Å². The van der Waals surface area contributed by atoms with Gasteiger partial charge in [0.05, 0.1) is 17.6 Å². The summed E-state index contributed by atoms with van der Waals surface area (Å²) in [5.41, 5.74) is 4.51. The van der Waals surface area contributed by atoms with Gasteiger partial charge in [-0.05, 0) is 13.0 Å². The minimum absolute atomic E-state index is 0.0522. The first-order valence-corrected chi connectivity index (χ1v) is 5.38. The summed E-state index contributed by atoms with van der Waals surface area (Å²) in [4.78, 5) is 20.9. The van der Waals surface area contributed by atoms with Crippen LogP contribution in [0.15, 0.2) is 18.2 Å². The van der Waals surface area contributed by atoms with Gasteiger partial charge >= 0.3 is 5.97 Å². The largest absolute Gasteiger partial charge is 0.464 e. The zero-order valence-electron chi connectivity index (χ0n) is 10.0. The van der Waals surface area contributed by atoms with Crippen LogP contribution < -0.4 is 5.73 Å². The minimum atomic E-state index is -2.29. The molecule has 0 aliphatic carbocycles. The Hall–Kier alpha value is -2.09. The number of nitro groups is 1. The Morgan fingerprint density at radius 2 is 2.21 bits per heavy atom. The number of hydrogen-bond acceptors (Lipinski definition) is 5. The summed E-state index contributed by atoms with van der Waals surface area (Å²) in [5, 5.41) is 10.6. The fraction of sp³-hybridized carbons (Fsp3) is 0.364. The highest BCUT2D eigenvalue weighted by Gasteiger charge is 2.30. The average Bonchev–Trinajstić information content (AvgIpc) is 2.37. The molecule has 0 spiro atoms. The molecule has 1 aromatic rings.